The Balaban J connectivity index is 0.822. The smallest absolute Gasteiger partial charge is 0.455 e. The molecule has 1 aliphatic heterocycles. The Kier molecular flexibility index (Phi) is 9.83. The van der Waals surface area contributed by atoms with Crippen molar-refractivity contribution in [1.82, 2.24) is 15.0 Å². The summed E-state index contributed by atoms with van der Waals surface area (Å²) in [6.45, 7) is 6.44. The van der Waals surface area contributed by atoms with Crippen LogP contribution in [0.3, 0.4) is 0 Å². The third-order valence-electron chi connectivity index (χ3n) is 15.0. The number of fused-ring (bicyclic) bond motifs is 6. The van der Waals surface area contributed by atoms with Gasteiger partial charge in [-0.2, -0.15) is 0 Å². The van der Waals surface area contributed by atoms with E-state index >= 15 is 0 Å². The molecule has 1 saturated heterocycles. The first-order valence-electron chi connectivity index (χ1n) is 24.3. The van der Waals surface area contributed by atoms with E-state index in [0.717, 1.165) is 66.3 Å². The average molecular weight is 968 g/mol. The number of hydrogen-bond acceptors (Lipinski definition) is 7. The number of benzene rings is 10. The maximum Gasteiger partial charge on any atom is 0.494 e. The van der Waals surface area contributed by atoms with Gasteiger partial charge in [0.2, 0.25) is 0 Å². The summed E-state index contributed by atoms with van der Waals surface area (Å²) >= 11 is 9.03. The standard InChI is InChI=1S/C63H43BClN3O3S/c1-62(2)63(3,71-64(70-62)43-29-30-44-45-21-13-23-52-55(45)56-46(49(44)35-43)22-14-24-53(56)72-52)36-37-25-27-41(28-26-37)60-66-59(40-19-11-6-12-20-40)67-61(68-60)47-31-32-51(65)54-50-34-42(38-15-7-4-8-16-38)33-48(57(50)69-58(47)54)39-17-9-5-10-18-39/h4-35H,36H2,1-3H3. The molecule has 1 aliphatic rings. The molecular formula is C63H43BClN3O3S. The lowest BCUT2D eigenvalue weighted by atomic mass is 9.77. The molecule has 3 aromatic heterocycles. The van der Waals surface area contributed by atoms with Crippen molar-refractivity contribution in [3.05, 3.63) is 205 Å². The molecule has 1 atom stereocenters. The molecule has 344 valence electrons. The molecule has 1 unspecified atom stereocenters. The van der Waals surface area contributed by atoms with Gasteiger partial charge in [-0.1, -0.05) is 169 Å². The number of halogens is 1. The van der Waals surface area contributed by atoms with Gasteiger partial charge in [-0.25, -0.2) is 15.0 Å². The topological polar surface area (TPSA) is 70.3 Å². The quantitative estimate of drug-likeness (QED) is 0.112. The average Bonchev–Trinajstić information content (AvgIpc) is 4.08. The minimum atomic E-state index is -0.642. The van der Waals surface area contributed by atoms with Crippen LogP contribution in [-0.4, -0.2) is 33.3 Å². The molecule has 0 aliphatic carbocycles. The van der Waals surface area contributed by atoms with E-state index in [9.17, 15) is 0 Å². The maximum atomic E-state index is 7.16. The van der Waals surface area contributed by atoms with Crippen LogP contribution in [0.2, 0.25) is 5.02 Å². The number of hydrogen-bond donors (Lipinski definition) is 0. The Morgan fingerprint density at radius 3 is 1.75 bits per heavy atom. The van der Waals surface area contributed by atoms with E-state index in [0.29, 0.717) is 34.5 Å². The second-order valence-electron chi connectivity index (χ2n) is 19.7. The van der Waals surface area contributed by atoms with Crippen molar-refractivity contribution in [2.45, 2.75) is 38.4 Å². The van der Waals surface area contributed by atoms with Crippen LogP contribution >= 0.6 is 22.9 Å². The molecule has 1 fully saturated rings. The van der Waals surface area contributed by atoms with Gasteiger partial charge in [0.25, 0.3) is 0 Å². The summed E-state index contributed by atoms with van der Waals surface area (Å²) in [6, 6.07) is 67.5. The van der Waals surface area contributed by atoms with E-state index in [1.54, 1.807) is 0 Å². The molecule has 0 saturated carbocycles. The second kappa shape index (κ2) is 16.4. The molecule has 13 aromatic rings. The Hall–Kier alpha value is -7.72. The van der Waals surface area contributed by atoms with Crippen molar-refractivity contribution in [3.8, 4) is 56.4 Å². The Morgan fingerprint density at radius 1 is 0.458 bits per heavy atom. The van der Waals surface area contributed by atoms with Gasteiger partial charge in [-0.3, -0.25) is 0 Å². The summed E-state index contributed by atoms with van der Waals surface area (Å²) in [7, 11) is -0.532. The van der Waals surface area contributed by atoms with Crippen LogP contribution in [0.1, 0.15) is 26.3 Å². The van der Waals surface area contributed by atoms with Crippen LogP contribution in [0, 0.1) is 0 Å². The van der Waals surface area contributed by atoms with E-state index < -0.39 is 18.3 Å². The van der Waals surface area contributed by atoms with Gasteiger partial charge in [-0.15, -0.1) is 11.3 Å². The third-order valence-corrected chi connectivity index (χ3v) is 16.4. The zero-order chi connectivity index (χ0) is 48.3. The molecule has 72 heavy (non-hydrogen) atoms. The van der Waals surface area contributed by atoms with Crippen LogP contribution in [0.15, 0.2) is 199 Å². The lowest BCUT2D eigenvalue weighted by Gasteiger charge is -2.36. The molecule has 6 nitrogen and oxygen atoms in total. The van der Waals surface area contributed by atoms with Crippen molar-refractivity contribution in [2.75, 3.05) is 0 Å². The largest absolute Gasteiger partial charge is 0.494 e. The molecule has 0 bridgehead atoms. The molecule has 0 spiro atoms. The van der Waals surface area contributed by atoms with E-state index in [4.69, 9.17) is 40.3 Å². The summed E-state index contributed by atoms with van der Waals surface area (Å²) in [5.41, 5.74) is 8.87. The summed E-state index contributed by atoms with van der Waals surface area (Å²) in [4.78, 5) is 15.4. The van der Waals surface area contributed by atoms with Gasteiger partial charge in [0.05, 0.1) is 21.8 Å². The van der Waals surface area contributed by atoms with Crippen molar-refractivity contribution in [2.24, 2.45) is 0 Å². The van der Waals surface area contributed by atoms with E-state index in [1.807, 2.05) is 78.1 Å². The van der Waals surface area contributed by atoms with Crippen molar-refractivity contribution in [1.29, 1.82) is 0 Å². The Bertz CT molecular complexity index is 4260. The van der Waals surface area contributed by atoms with Crippen LogP contribution < -0.4 is 5.46 Å². The highest BCUT2D eigenvalue weighted by molar-refractivity contribution is 7.26. The number of rotatable bonds is 8. The fourth-order valence-electron chi connectivity index (χ4n) is 10.9. The van der Waals surface area contributed by atoms with Crippen molar-refractivity contribution < 1.29 is 13.7 Å². The van der Waals surface area contributed by atoms with Crippen molar-refractivity contribution in [3.63, 3.8) is 0 Å². The summed E-state index contributed by atoms with van der Waals surface area (Å²) in [6.07, 6.45) is 0.630. The molecule has 14 rings (SSSR count). The highest BCUT2D eigenvalue weighted by atomic mass is 35.5. The van der Waals surface area contributed by atoms with Gasteiger partial charge >= 0.3 is 7.12 Å². The number of nitrogens with zero attached hydrogens (tertiary/aromatic N) is 3. The highest BCUT2D eigenvalue weighted by Crippen LogP contribution is 2.47. The Labute approximate surface area is 425 Å². The minimum absolute atomic E-state index is 0.483. The number of furan rings is 1. The molecule has 0 radical (unpaired) electrons. The molecule has 0 N–H and O–H groups in total. The molecule has 4 heterocycles. The molecule has 9 heteroatoms. The van der Waals surface area contributed by atoms with E-state index in [1.165, 1.54) is 41.7 Å². The van der Waals surface area contributed by atoms with Crippen LogP contribution in [-0.2, 0) is 15.7 Å². The fourth-order valence-corrected chi connectivity index (χ4v) is 12.3. The summed E-state index contributed by atoms with van der Waals surface area (Å²) in [5, 5.41) is 10.0. The molecular weight excluding hydrogens is 925 g/mol. The number of thiophene rings is 1. The SMILES string of the molecule is CC1(C)OB(c2ccc3c(c2)c2cccc4sc5cccc3c5c42)OC1(C)Cc1ccc(-c2nc(-c3ccccc3)nc(-c3ccc(Cl)c4c3oc3c(-c5ccccc5)cc(-c5ccccc5)cc34)n2)cc1. The first kappa shape index (κ1) is 43.1. The van der Waals surface area contributed by atoms with E-state index in [2.05, 4.69) is 148 Å². The molecule has 0 amide bonds. The summed E-state index contributed by atoms with van der Waals surface area (Å²) in [5.74, 6) is 1.58. The fraction of sp³-hybridized carbons (Fsp3) is 0.0952. The van der Waals surface area contributed by atoms with Gasteiger partial charge in [0, 0.05) is 54.1 Å². The first-order chi connectivity index (χ1) is 35.2. The maximum absolute atomic E-state index is 7.16. The van der Waals surface area contributed by atoms with Crippen molar-refractivity contribution >= 4 is 99.2 Å². The van der Waals surface area contributed by atoms with Crippen LogP contribution in [0.25, 0.3) is 120 Å². The highest BCUT2D eigenvalue weighted by Gasteiger charge is 2.54. The van der Waals surface area contributed by atoms with Crippen LogP contribution in [0.4, 0.5) is 0 Å². The predicted molar refractivity (Wildman–Crippen MR) is 299 cm³/mol. The van der Waals surface area contributed by atoms with Gasteiger partial charge in [0.1, 0.15) is 11.2 Å². The minimum Gasteiger partial charge on any atom is -0.455 e. The zero-order valence-corrected chi connectivity index (χ0v) is 41.2. The molecule has 10 aromatic carbocycles. The van der Waals surface area contributed by atoms with Gasteiger partial charge in [0.15, 0.2) is 17.5 Å². The monoisotopic (exact) mass is 967 g/mol. The van der Waals surface area contributed by atoms with Gasteiger partial charge < -0.3 is 13.7 Å². The van der Waals surface area contributed by atoms with Crippen LogP contribution in [0.5, 0.6) is 0 Å². The normalized spacial score (nSPS) is 15.9. The summed E-state index contributed by atoms with van der Waals surface area (Å²) < 4.78 is 23.5. The zero-order valence-electron chi connectivity index (χ0n) is 39.6. The van der Waals surface area contributed by atoms with E-state index in [-0.39, 0.29) is 0 Å². The first-order valence-corrected chi connectivity index (χ1v) is 25.5. The lowest BCUT2D eigenvalue weighted by Crippen LogP contribution is -2.46. The third kappa shape index (κ3) is 6.89. The second-order valence-corrected chi connectivity index (χ2v) is 21.1. The Morgan fingerprint density at radius 2 is 1.07 bits per heavy atom. The number of aromatic nitrogens is 3. The van der Waals surface area contributed by atoms with Gasteiger partial charge in [-0.05, 0) is 106 Å². The predicted octanol–water partition coefficient (Wildman–Crippen LogP) is 16.4. The lowest BCUT2D eigenvalue weighted by molar-refractivity contribution is -0.00876.